The second kappa shape index (κ2) is 41.0. The summed E-state index contributed by atoms with van der Waals surface area (Å²) in [5, 5.41) is 0. The molecule has 61 heavy (non-hydrogen) atoms. The number of hydrogen-bond donors (Lipinski definition) is 0. The molecule has 9 nitrogen and oxygen atoms in total. The smallest absolute Gasteiger partial charge is 0.307 e. The number of esters is 3. The zero-order valence-corrected chi connectivity index (χ0v) is 41.1. The van der Waals surface area contributed by atoms with Crippen molar-refractivity contribution in [3.8, 4) is 0 Å². The molecular weight excluding hydrogens is 765 g/mol. The van der Waals surface area contributed by atoms with E-state index in [1.54, 1.807) is 0 Å². The number of carbonyl (C=O) groups is 3. The summed E-state index contributed by atoms with van der Waals surface area (Å²) in [5.74, 6) is 0.590. The Morgan fingerprint density at radius 1 is 0.574 bits per heavy atom. The fraction of sp³-hybridized carbons (Fsp3) is 0.942. The van der Waals surface area contributed by atoms with E-state index in [-0.39, 0.29) is 36.2 Å². The summed E-state index contributed by atoms with van der Waals surface area (Å²) in [6.07, 6.45) is 36.0. The van der Waals surface area contributed by atoms with Crippen LogP contribution in [-0.2, 0) is 33.3 Å². The number of rotatable bonds is 44. The Morgan fingerprint density at radius 3 is 1.67 bits per heavy atom. The Labute approximate surface area is 377 Å². The van der Waals surface area contributed by atoms with Gasteiger partial charge in [-0.1, -0.05) is 156 Å². The maximum Gasteiger partial charge on any atom is 0.307 e. The molecule has 1 saturated heterocycles. The van der Waals surface area contributed by atoms with Gasteiger partial charge in [0.15, 0.2) is 0 Å². The van der Waals surface area contributed by atoms with Gasteiger partial charge in [0.2, 0.25) is 0 Å². The lowest BCUT2D eigenvalue weighted by Crippen LogP contribution is -2.34. The van der Waals surface area contributed by atoms with E-state index in [2.05, 4.69) is 32.6 Å². The Kier molecular flexibility index (Phi) is 38.5. The van der Waals surface area contributed by atoms with Crippen LogP contribution < -0.4 is 0 Å². The minimum Gasteiger partial charge on any atom is -0.466 e. The van der Waals surface area contributed by atoms with Crippen LogP contribution in [0, 0.1) is 5.92 Å². The van der Waals surface area contributed by atoms with Crippen LogP contribution in [0.4, 0.5) is 0 Å². The van der Waals surface area contributed by atoms with Gasteiger partial charge in [-0.2, -0.15) is 0 Å². The number of unbranched alkanes of at least 4 members (excludes halogenated alkanes) is 21. The van der Waals surface area contributed by atoms with Crippen LogP contribution in [0.25, 0.3) is 0 Å². The number of hydrogen-bond acceptors (Lipinski definition) is 9. The van der Waals surface area contributed by atoms with Gasteiger partial charge < -0.3 is 23.8 Å². The van der Waals surface area contributed by atoms with E-state index in [4.69, 9.17) is 18.9 Å². The predicted molar refractivity (Wildman–Crippen MR) is 254 cm³/mol. The first kappa shape index (κ1) is 57.3. The molecule has 0 aromatic carbocycles. The molecule has 1 rings (SSSR count). The monoisotopic (exact) mass is 865 g/mol. The lowest BCUT2D eigenvalue weighted by atomic mass is 10.0. The molecule has 2 atom stereocenters. The van der Waals surface area contributed by atoms with Crippen LogP contribution in [0.15, 0.2) is 0 Å². The van der Waals surface area contributed by atoms with Crippen LogP contribution in [0.2, 0.25) is 0 Å². The standard InChI is InChI=1S/C52H100N2O7/c1-7-9-11-13-19-26-34-48(35-27-20-14-12-10-8-2)60-51(56)37-28-21-17-22-31-41-58-45-47-43-49(61-52(57)38-40-53(5)6)44-54(47)39-30-24-29-36-50(55)59-42-32-23-16-15-18-25-33-46(3)4/h46-49H,7-45H2,1-6H3. The largest absolute Gasteiger partial charge is 0.466 e. The summed E-state index contributed by atoms with van der Waals surface area (Å²) < 4.78 is 23.7. The molecule has 0 spiro atoms. The van der Waals surface area contributed by atoms with Crippen LogP contribution in [0.1, 0.15) is 240 Å². The van der Waals surface area contributed by atoms with Crippen molar-refractivity contribution in [3.63, 3.8) is 0 Å². The first-order valence-electron chi connectivity index (χ1n) is 26.2. The molecule has 1 fully saturated rings. The van der Waals surface area contributed by atoms with Gasteiger partial charge in [-0.25, -0.2) is 0 Å². The van der Waals surface area contributed by atoms with E-state index in [9.17, 15) is 14.4 Å². The number of nitrogens with zero attached hydrogens (tertiary/aromatic N) is 2. The molecule has 2 unspecified atom stereocenters. The van der Waals surface area contributed by atoms with Crippen molar-refractivity contribution in [1.82, 2.24) is 9.80 Å². The zero-order chi connectivity index (χ0) is 44.6. The molecule has 0 N–H and O–H groups in total. The molecule has 0 bridgehead atoms. The van der Waals surface area contributed by atoms with Gasteiger partial charge in [-0.15, -0.1) is 0 Å². The molecule has 0 aliphatic carbocycles. The topological polar surface area (TPSA) is 94.6 Å². The van der Waals surface area contributed by atoms with E-state index in [1.807, 2.05) is 19.0 Å². The van der Waals surface area contributed by atoms with Crippen LogP contribution in [0.3, 0.4) is 0 Å². The minimum absolute atomic E-state index is 0.00486. The molecule has 0 aromatic rings. The van der Waals surface area contributed by atoms with Crippen molar-refractivity contribution in [2.45, 2.75) is 258 Å². The average molecular weight is 865 g/mol. The highest BCUT2D eigenvalue weighted by molar-refractivity contribution is 5.70. The summed E-state index contributed by atoms with van der Waals surface area (Å²) >= 11 is 0. The third-order valence-electron chi connectivity index (χ3n) is 12.4. The number of ether oxygens (including phenoxy) is 4. The minimum atomic E-state index is -0.130. The van der Waals surface area contributed by atoms with Crippen LogP contribution >= 0.6 is 0 Å². The summed E-state index contributed by atoms with van der Waals surface area (Å²) in [7, 11) is 3.94. The highest BCUT2D eigenvalue weighted by atomic mass is 16.5. The van der Waals surface area contributed by atoms with Gasteiger partial charge in [0.1, 0.15) is 12.2 Å². The van der Waals surface area contributed by atoms with Crippen molar-refractivity contribution in [3.05, 3.63) is 0 Å². The van der Waals surface area contributed by atoms with Gasteiger partial charge in [0, 0.05) is 45.0 Å². The molecule has 0 aromatic heterocycles. The molecule has 1 heterocycles. The van der Waals surface area contributed by atoms with E-state index in [0.717, 1.165) is 109 Å². The second-order valence-electron chi connectivity index (χ2n) is 19.2. The van der Waals surface area contributed by atoms with Crippen molar-refractivity contribution < 1.29 is 33.3 Å². The van der Waals surface area contributed by atoms with Gasteiger partial charge in [0.25, 0.3) is 0 Å². The van der Waals surface area contributed by atoms with Crippen LogP contribution in [0.5, 0.6) is 0 Å². The summed E-state index contributed by atoms with van der Waals surface area (Å²) in [6, 6.07) is 0.226. The third kappa shape index (κ3) is 36.3. The molecule has 0 radical (unpaired) electrons. The lowest BCUT2D eigenvalue weighted by Gasteiger charge is -2.23. The van der Waals surface area contributed by atoms with E-state index < -0.39 is 0 Å². The normalized spacial score (nSPS) is 15.7. The first-order valence-corrected chi connectivity index (χ1v) is 26.2. The van der Waals surface area contributed by atoms with E-state index >= 15 is 0 Å². The Morgan fingerprint density at radius 2 is 1.08 bits per heavy atom. The zero-order valence-electron chi connectivity index (χ0n) is 41.1. The SMILES string of the molecule is CCCCCCCCC(CCCCCCCC)OC(=O)CCCCCCCOCC1CC(OC(=O)CCN(C)C)CN1CCCCCC(=O)OCCCCCCCCC(C)C. The van der Waals surface area contributed by atoms with Crippen LogP contribution in [-0.4, -0.2) is 99.5 Å². The van der Waals surface area contributed by atoms with Crippen molar-refractivity contribution >= 4 is 17.9 Å². The Hall–Kier alpha value is -1.71. The fourth-order valence-electron chi connectivity index (χ4n) is 8.45. The number of likely N-dealkylation sites (tertiary alicyclic amines) is 1. The maximum absolute atomic E-state index is 12.8. The van der Waals surface area contributed by atoms with Crippen molar-refractivity contribution in [2.24, 2.45) is 5.92 Å². The molecular formula is C52H100N2O7. The highest BCUT2D eigenvalue weighted by Gasteiger charge is 2.34. The fourth-order valence-corrected chi connectivity index (χ4v) is 8.45. The predicted octanol–water partition coefficient (Wildman–Crippen LogP) is 13.2. The summed E-state index contributed by atoms with van der Waals surface area (Å²) in [4.78, 5) is 42.1. The maximum atomic E-state index is 12.8. The van der Waals surface area contributed by atoms with E-state index in [1.165, 1.54) is 109 Å². The second-order valence-corrected chi connectivity index (χ2v) is 19.2. The van der Waals surface area contributed by atoms with Crippen molar-refractivity contribution in [1.29, 1.82) is 0 Å². The van der Waals surface area contributed by atoms with E-state index in [0.29, 0.717) is 39.0 Å². The number of carbonyl (C=O) groups excluding carboxylic acids is 3. The molecule has 9 heteroatoms. The quantitative estimate of drug-likeness (QED) is 0.0337. The molecule has 360 valence electrons. The van der Waals surface area contributed by atoms with Gasteiger partial charge in [-0.05, 0) is 84.3 Å². The van der Waals surface area contributed by atoms with Crippen molar-refractivity contribution in [2.75, 3.05) is 53.6 Å². The highest BCUT2D eigenvalue weighted by Crippen LogP contribution is 2.23. The average Bonchev–Trinajstić information content (AvgIpc) is 3.61. The summed E-state index contributed by atoms with van der Waals surface area (Å²) in [6.45, 7) is 13.3. The molecule has 0 saturated carbocycles. The molecule has 1 aliphatic rings. The Balaban J connectivity index is 2.32. The van der Waals surface area contributed by atoms with Gasteiger partial charge in [-0.3, -0.25) is 19.3 Å². The summed E-state index contributed by atoms with van der Waals surface area (Å²) in [5.41, 5.74) is 0. The molecule has 0 amide bonds. The Bertz CT molecular complexity index is 1010. The third-order valence-corrected chi connectivity index (χ3v) is 12.4. The first-order chi connectivity index (χ1) is 29.6. The van der Waals surface area contributed by atoms with Gasteiger partial charge >= 0.3 is 17.9 Å². The lowest BCUT2D eigenvalue weighted by molar-refractivity contribution is -0.150. The van der Waals surface area contributed by atoms with Gasteiger partial charge in [0.05, 0.1) is 19.6 Å². The molecule has 1 aliphatic heterocycles.